The van der Waals surface area contributed by atoms with Crippen LogP contribution in [0.5, 0.6) is 0 Å². The zero-order chi connectivity index (χ0) is 30.3. The highest BCUT2D eigenvalue weighted by Crippen LogP contribution is 2.31. The number of alkyl carbamates (subject to hydrolysis) is 1. The minimum Gasteiger partial charge on any atom is -0.453 e. The maximum Gasteiger partial charge on any atom is 0.414 e. The predicted octanol–water partition coefficient (Wildman–Crippen LogP) is 1.36. The molecule has 0 unspecified atom stereocenters. The van der Waals surface area contributed by atoms with Crippen molar-refractivity contribution in [1.82, 2.24) is 15.5 Å². The first-order valence-electron chi connectivity index (χ1n) is 12.4. The van der Waals surface area contributed by atoms with Crippen LogP contribution in [0, 0.1) is 24.0 Å². The lowest BCUT2D eigenvalue weighted by Crippen LogP contribution is -2.54. The molecule has 12 nitrogen and oxygen atoms in total. The lowest BCUT2D eigenvalue weighted by Gasteiger charge is -2.37. The molecule has 0 saturated carbocycles. The minimum absolute atomic E-state index is 0.0457. The van der Waals surface area contributed by atoms with E-state index in [1.165, 1.54) is 23.8 Å². The van der Waals surface area contributed by atoms with Crippen molar-refractivity contribution in [2.24, 2.45) is 4.99 Å². The molecule has 220 valence electrons. The molecule has 2 N–H and O–H groups in total. The lowest BCUT2D eigenvalue weighted by atomic mass is 10.1. The number of ether oxygens (including phenoxy) is 2. The zero-order valence-electron chi connectivity index (χ0n) is 22.6. The Morgan fingerprint density at radius 1 is 1.24 bits per heavy atom. The third kappa shape index (κ3) is 7.27. The molecule has 2 fully saturated rings. The summed E-state index contributed by atoms with van der Waals surface area (Å²) in [7, 11) is 2.32. The van der Waals surface area contributed by atoms with E-state index < -0.39 is 59.3 Å². The van der Waals surface area contributed by atoms with Gasteiger partial charge in [0, 0.05) is 51.4 Å². The van der Waals surface area contributed by atoms with E-state index in [9.17, 15) is 23.6 Å². The van der Waals surface area contributed by atoms with Gasteiger partial charge >= 0.3 is 12.2 Å². The zero-order valence-corrected chi connectivity index (χ0v) is 22.6. The maximum absolute atomic E-state index is 15.1. The van der Waals surface area contributed by atoms with Crippen LogP contribution in [0.3, 0.4) is 0 Å². The number of piperazine rings is 1. The van der Waals surface area contributed by atoms with Crippen molar-refractivity contribution >= 4 is 41.3 Å². The summed E-state index contributed by atoms with van der Waals surface area (Å²) >= 11 is 0. The molecule has 2 aliphatic heterocycles. The number of amides is 4. The lowest BCUT2D eigenvalue weighted by molar-refractivity contribution is -0.135. The normalized spacial score (nSPS) is 18.4. The number of terminal acetylenes is 1. The first-order valence-corrected chi connectivity index (χ1v) is 12.4. The number of methoxy groups -OCH3 is 1. The molecule has 0 bridgehead atoms. The third-order valence-electron chi connectivity index (χ3n) is 6.36. The molecule has 0 radical (unpaired) electrons. The van der Waals surface area contributed by atoms with Gasteiger partial charge in [0.25, 0.3) is 5.91 Å². The highest BCUT2D eigenvalue weighted by molar-refractivity contribution is 6.19. The molecule has 2 saturated heterocycles. The third-order valence-corrected chi connectivity index (χ3v) is 6.36. The number of nitrogens with one attached hydrogen (secondary N) is 2. The first-order chi connectivity index (χ1) is 19.5. The van der Waals surface area contributed by atoms with Crippen LogP contribution >= 0.6 is 0 Å². The quantitative estimate of drug-likeness (QED) is 0.270. The van der Waals surface area contributed by atoms with E-state index >= 15 is 8.78 Å². The Morgan fingerprint density at radius 2 is 1.88 bits per heavy atom. The number of nitrogens with zero attached hydrogens (tertiary/aromatic N) is 4. The van der Waals surface area contributed by atoms with Crippen LogP contribution in [-0.4, -0.2) is 100 Å². The number of halogens is 3. The van der Waals surface area contributed by atoms with Crippen molar-refractivity contribution in [3.8, 4) is 12.3 Å². The van der Waals surface area contributed by atoms with Crippen molar-refractivity contribution in [1.29, 1.82) is 0 Å². The second-order valence-corrected chi connectivity index (χ2v) is 8.99. The molecule has 1 aromatic carbocycles. The van der Waals surface area contributed by atoms with E-state index in [4.69, 9.17) is 11.2 Å². The van der Waals surface area contributed by atoms with Crippen LogP contribution in [0.4, 0.5) is 34.1 Å². The summed E-state index contributed by atoms with van der Waals surface area (Å²) in [5, 5.41) is 4.76. The van der Waals surface area contributed by atoms with Gasteiger partial charge in [-0.3, -0.25) is 19.5 Å². The van der Waals surface area contributed by atoms with Crippen molar-refractivity contribution in [3.05, 3.63) is 35.4 Å². The Labute approximate surface area is 234 Å². The average molecular weight is 579 g/mol. The number of carbonyl (C=O) groups is 4. The fraction of sp³-hybridized carbons (Fsp3) is 0.423. The summed E-state index contributed by atoms with van der Waals surface area (Å²) in [6.45, 7) is 1.65. The van der Waals surface area contributed by atoms with E-state index in [-0.39, 0.29) is 50.6 Å². The summed E-state index contributed by atoms with van der Waals surface area (Å²) < 4.78 is 53.7. The largest absolute Gasteiger partial charge is 0.453 e. The van der Waals surface area contributed by atoms with E-state index in [2.05, 4.69) is 20.4 Å². The second kappa shape index (κ2) is 13.6. The predicted molar refractivity (Wildman–Crippen MR) is 142 cm³/mol. The molecule has 3 rings (SSSR count). The van der Waals surface area contributed by atoms with E-state index in [0.29, 0.717) is 0 Å². The van der Waals surface area contributed by atoms with Crippen LogP contribution in [0.25, 0.3) is 0 Å². The summed E-state index contributed by atoms with van der Waals surface area (Å²) in [5.41, 5.74) is -0.878. The van der Waals surface area contributed by atoms with Crippen molar-refractivity contribution in [2.45, 2.75) is 19.1 Å². The second-order valence-electron chi connectivity index (χ2n) is 8.99. The van der Waals surface area contributed by atoms with Gasteiger partial charge in [0.05, 0.1) is 25.9 Å². The monoisotopic (exact) mass is 578 g/mol. The smallest absolute Gasteiger partial charge is 0.414 e. The van der Waals surface area contributed by atoms with E-state index in [0.717, 1.165) is 30.2 Å². The molecule has 1 aromatic rings. The van der Waals surface area contributed by atoms with Crippen LogP contribution < -0.4 is 20.4 Å². The molecule has 2 atom stereocenters. The number of allylic oxidation sites excluding steroid dienone is 1. The van der Waals surface area contributed by atoms with Crippen LogP contribution in [0.1, 0.15) is 6.92 Å². The van der Waals surface area contributed by atoms with E-state index in [1.807, 2.05) is 5.92 Å². The summed E-state index contributed by atoms with van der Waals surface area (Å²) in [6, 6.07) is 0.968. The number of anilines is 2. The molecule has 2 aliphatic rings. The number of cyclic esters (lactones) is 1. The Bertz CT molecular complexity index is 1280. The topological polar surface area (TPSA) is 133 Å². The van der Waals surface area contributed by atoms with Crippen molar-refractivity contribution in [2.75, 3.05) is 63.2 Å². The Balaban J connectivity index is 1.61. The summed E-state index contributed by atoms with van der Waals surface area (Å²) in [6.07, 6.45) is 3.73. The molecular weight excluding hydrogens is 549 g/mol. The number of hydrogen-bond acceptors (Lipinski definition) is 8. The number of aliphatic imine (C=N–C) groups is 1. The van der Waals surface area contributed by atoms with Gasteiger partial charge in [0.2, 0.25) is 11.9 Å². The fourth-order valence-corrected chi connectivity index (χ4v) is 4.30. The Hall–Kier alpha value is -4.74. The van der Waals surface area contributed by atoms with Crippen molar-refractivity contribution < 1.29 is 41.8 Å². The van der Waals surface area contributed by atoms with Gasteiger partial charge in [0.1, 0.15) is 23.4 Å². The molecule has 0 aliphatic carbocycles. The average Bonchev–Trinajstić information content (AvgIpc) is 3.33. The number of rotatable bonds is 8. The number of carbonyl (C=O) groups excluding carboxylic acids is 4. The van der Waals surface area contributed by atoms with Gasteiger partial charge in [-0.05, 0) is 6.92 Å². The molecular formula is C26H29F3N6O6. The van der Waals surface area contributed by atoms with Gasteiger partial charge in [-0.15, -0.1) is 6.42 Å². The van der Waals surface area contributed by atoms with Gasteiger partial charge in [-0.25, -0.2) is 18.4 Å². The van der Waals surface area contributed by atoms with Crippen LogP contribution in [0.15, 0.2) is 28.8 Å². The minimum atomic E-state index is -1.08. The van der Waals surface area contributed by atoms with E-state index in [1.54, 1.807) is 0 Å². The first kappa shape index (κ1) is 30.8. The fourth-order valence-electron chi connectivity index (χ4n) is 4.30. The van der Waals surface area contributed by atoms with Gasteiger partial charge < -0.3 is 29.9 Å². The highest BCUT2D eigenvalue weighted by atomic mass is 19.1. The Kier molecular flexibility index (Phi) is 10.2. The molecule has 15 heteroatoms. The van der Waals surface area contributed by atoms with Crippen molar-refractivity contribution in [3.63, 3.8) is 0 Å². The number of benzene rings is 1. The summed E-state index contributed by atoms with van der Waals surface area (Å²) in [5.74, 6) is -2.27. The van der Waals surface area contributed by atoms with Gasteiger partial charge in [0.15, 0.2) is 11.6 Å². The number of hydrogen-bond donors (Lipinski definition) is 2. The van der Waals surface area contributed by atoms with Gasteiger partial charge in [-0.1, -0.05) is 5.92 Å². The van der Waals surface area contributed by atoms with Gasteiger partial charge in [-0.2, -0.15) is 4.39 Å². The maximum atomic E-state index is 15.1. The molecule has 2 heterocycles. The molecule has 4 amide bonds. The molecule has 0 spiro atoms. The van der Waals surface area contributed by atoms with Crippen LogP contribution in [0.2, 0.25) is 0 Å². The molecule has 41 heavy (non-hydrogen) atoms. The van der Waals surface area contributed by atoms with Crippen LogP contribution in [-0.2, 0) is 19.1 Å². The molecule has 0 aromatic heterocycles. The standard InChI is InChI=1S/C26H29F3N6O6/c1-5-6-18(22(29)30-3)23(36)32-15(2)24(37)34-9-7-33(8-10-34)21-19(27)11-16(12-20(21)28)35-14-17(41-26(35)39)13-31-25(38)40-4/h1,6,11-12,15,17H,7-10,13-14H2,2-4H3,(H,31,38)(H,32,36)/b18-6+,30-22?/t15-,17-/m0/s1. The SMILES string of the molecule is C#C/C=C(/C(=O)N[C@@H](C)C(=O)N1CCN(c2c(F)cc(N3C[C@H](CNC(=O)OC)OC3=O)cc2F)CC1)C(F)=NC. The highest BCUT2D eigenvalue weighted by Gasteiger charge is 2.35. The Morgan fingerprint density at radius 3 is 2.44 bits per heavy atom. The summed E-state index contributed by atoms with van der Waals surface area (Å²) in [4.78, 5) is 55.9.